The van der Waals surface area contributed by atoms with Gasteiger partial charge in [0.05, 0.1) is 11.1 Å². The third-order valence-electron chi connectivity index (χ3n) is 4.54. The highest BCUT2D eigenvalue weighted by atomic mass is 19.1. The molecule has 0 radical (unpaired) electrons. The van der Waals surface area contributed by atoms with Crippen LogP contribution in [0.15, 0.2) is 40.9 Å². The molecule has 0 saturated heterocycles. The molecule has 0 saturated carbocycles. The Morgan fingerprint density at radius 1 is 1.14 bits per heavy atom. The van der Waals surface area contributed by atoms with Crippen molar-refractivity contribution >= 4 is 5.91 Å². The summed E-state index contributed by atoms with van der Waals surface area (Å²) in [5.41, 5.74) is 1.32. The van der Waals surface area contributed by atoms with Crippen molar-refractivity contribution in [3.63, 3.8) is 0 Å². The van der Waals surface area contributed by atoms with E-state index in [1.807, 2.05) is 20.8 Å². The van der Waals surface area contributed by atoms with E-state index in [9.17, 15) is 19.4 Å². The van der Waals surface area contributed by atoms with Gasteiger partial charge in [0.2, 0.25) is 0 Å². The molecule has 2 aromatic carbocycles. The number of rotatable bonds is 4. The summed E-state index contributed by atoms with van der Waals surface area (Å²) in [6.07, 6.45) is 0. The van der Waals surface area contributed by atoms with E-state index in [1.54, 1.807) is 13.0 Å². The van der Waals surface area contributed by atoms with Crippen LogP contribution in [0.1, 0.15) is 43.7 Å². The summed E-state index contributed by atoms with van der Waals surface area (Å²) in [5, 5.41) is 27.3. The lowest BCUT2D eigenvalue weighted by atomic mass is 9.84. The van der Waals surface area contributed by atoms with Crippen LogP contribution in [-0.2, 0) is 5.41 Å². The minimum Gasteiger partial charge on any atom is -0.508 e. The maximum absolute atomic E-state index is 13.4. The molecular formula is C22H23FN2O4. The second-order valence-electron chi connectivity index (χ2n) is 7.74. The van der Waals surface area contributed by atoms with Crippen molar-refractivity contribution in [2.75, 3.05) is 6.54 Å². The fourth-order valence-electron chi connectivity index (χ4n) is 3.12. The van der Waals surface area contributed by atoms with Crippen LogP contribution in [0.4, 0.5) is 4.39 Å². The molecular weight excluding hydrogens is 375 g/mol. The van der Waals surface area contributed by atoms with Gasteiger partial charge in [0.25, 0.3) is 5.91 Å². The molecule has 1 amide bonds. The molecule has 3 rings (SSSR count). The zero-order valence-electron chi connectivity index (χ0n) is 16.7. The Labute approximate surface area is 168 Å². The Hall–Kier alpha value is -3.35. The molecule has 0 aliphatic carbocycles. The van der Waals surface area contributed by atoms with E-state index in [0.717, 1.165) is 0 Å². The van der Waals surface area contributed by atoms with Crippen LogP contribution < -0.4 is 5.32 Å². The molecule has 1 aromatic heterocycles. The third-order valence-corrected chi connectivity index (χ3v) is 4.54. The number of amides is 1. The first-order valence-electron chi connectivity index (χ1n) is 9.24. The quantitative estimate of drug-likeness (QED) is 0.597. The predicted molar refractivity (Wildman–Crippen MR) is 107 cm³/mol. The van der Waals surface area contributed by atoms with Crippen LogP contribution >= 0.6 is 0 Å². The molecule has 3 N–H and O–H groups in total. The van der Waals surface area contributed by atoms with E-state index < -0.39 is 17.1 Å². The number of benzene rings is 2. The second-order valence-corrected chi connectivity index (χ2v) is 7.74. The van der Waals surface area contributed by atoms with Crippen LogP contribution in [0.2, 0.25) is 0 Å². The lowest BCUT2D eigenvalue weighted by Crippen LogP contribution is -2.23. The largest absolute Gasteiger partial charge is 0.508 e. The van der Waals surface area contributed by atoms with Gasteiger partial charge in [0.1, 0.15) is 17.3 Å². The van der Waals surface area contributed by atoms with Gasteiger partial charge in [0.15, 0.2) is 11.5 Å². The lowest BCUT2D eigenvalue weighted by Gasteiger charge is -2.21. The number of hydrogen-bond acceptors (Lipinski definition) is 5. The van der Waals surface area contributed by atoms with E-state index in [2.05, 4.69) is 10.5 Å². The van der Waals surface area contributed by atoms with Crippen molar-refractivity contribution < 1.29 is 23.9 Å². The van der Waals surface area contributed by atoms with Crippen molar-refractivity contribution in [3.05, 3.63) is 53.5 Å². The van der Waals surface area contributed by atoms with Gasteiger partial charge in [-0.25, -0.2) is 4.39 Å². The van der Waals surface area contributed by atoms with Gasteiger partial charge in [0, 0.05) is 18.2 Å². The molecule has 0 aliphatic heterocycles. The molecule has 29 heavy (non-hydrogen) atoms. The first-order chi connectivity index (χ1) is 13.6. The van der Waals surface area contributed by atoms with E-state index >= 15 is 0 Å². The number of aromatic hydroxyl groups is 2. The van der Waals surface area contributed by atoms with Gasteiger partial charge in [-0.2, -0.15) is 0 Å². The Kier molecular flexibility index (Phi) is 5.33. The normalized spacial score (nSPS) is 11.5. The molecule has 0 fully saturated rings. The van der Waals surface area contributed by atoms with Gasteiger partial charge in [-0.1, -0.05) is 38.1 Å². The van der Waals surface area contributed by atoms with E-state index in [-0.39, 0.29) is 28.5 Å². The smallest absolute Gasteiger partial charge is 0.274 e. The zero-order valence-corrected chi connectivity index (χ0v) is 16.7. The Bertz CT molecular complexity index is 1050. The van der Waals surface area contributed by atoms with Gasteiger partial charge in [-0.05, 0) is 36.1 Å². The van der Waals surface area contributed by atoms with Crippen LogP contribution in [-0.4, -0.2) is 27.8 Å². The fourth-order valence-corrected chi connectivity index (χ4v) is 3.12. The van der Waals surface area contributed by atoms with Crippen LogP contribution in [0, 0.1) is 5.82 Å². The van der Waals surface area contributed by atoms with Crippen molar-refractivity contribution in [2.24, 2.45) is 0 Å². The first-order valence-corrected chi connectivity index (χ1v) is 9.24. The maximum Gasteiger partial charge on any atom is 0.274 e. The van der Waals surface area contributed by atoms with Crippen LogP contribution in [0.3, 0.4) is 0 Å². The van der Waals surface area contributed by atoms with Crippen molar-refractivity contribution in [3.8, 4) is 33.9 Å². The fraction of sp³-hybridized carbons (Fsp3) is 0.273. The van der Waals surface area contributed by atoms with E-state index in [4.69, 9.17) is 4.52 Å². The topological polar surface area (TPSA) is 95.6 Å². The molecule has 0 spiro atoms. The highest BCUT2D eigenvalue weighted by molar-refractivity contribution is 6.02. The second kappa shape index (κ2) is 7.58. The number of phenols is 2. The molecule has 0 atom stereocenters. The first kappa shape index (κ1) is 20.4. The maximum atomic E-state index is 13.4. The lowest BCUT2D eigenvalue weighted by molar-refractivity contribution is 0.0947. The summed E-state index contributed by atoms with van der Waals surface area (Å²) in [7, 11) is 0. The standard InChI is InChI=1S/C22H23FN2O4/c1-5-24-21(28)19-18(12-6-8-13(23)9-7-12)20(29-25-19)14-10-15(22(2,3)4)17(27)11-16(14)26/h6-11,26-27H,5H2,1-4H3,(H,24,28). The average molecular weight is 398 g/mol. The third kappa shape index (κ3) is 3.94. The highest BCUT2D eigenvalue weighted by Crippen LogP contribution is 2.44. The zero-order chi connectivity index (χ0) is 21.3. The molecule has 0 bridgehead atoms. The summed E-state index contributed by atoms with van der Waals surface area (Å²) in [6, 6.07) is 8.40. The van der Waals surface area contributed by atoms with Gasteiger partial charge >= 0.3 is 0 Å². The van der Waals surface area contributed by atoms with Crippen molar-refractivity contribution in [2.45, 2.75) is 33.1 Å². The average Bonchev–Trinajstić information content (AvgIpc) is 3.06. The van der Waals surface area contributed by atoms with Crippen LogP contribution in [0.5, 0.6) is 11.5 Å². The van der Waals surface area contributed by atoms with Crippen molar-refractivity contribution in [1.29, 1.82) is 0 Å². The van der Waals surface area contributed by atoms with Gasteiger partial charge < -0.3 is 20.1 Å². The number of nitrogens with one attached hydrogen (secondary N) is 1. The number of aromatic nitrogens is 1. The molecule has 7 heteroatoms. The monoisotopic (exact) mass is 398 g/mol. The number of phenolic OH excluding ortho intramolecular Hbond substituents is 2. The minimum absolute atomic E-state index is 0.0261. The number of halogens is 1. The SMILES string of the molecule is CCNC(=O)c1noc(-c2cc(C(C)(C)C)c(O)cc2O)c1-c1ccc(F)cc1. The molecule has 0 unspecified atom stereocenters. The Balaban J connectivity index is 2.28. The van der Waals surface area contributed by atoms with E-state index in [1.165, 1.54) is 30.3 Å². The summed E-state index contributed by atoms with van der Waals surface area (Å²) in [6.45, 7) is 7.93. The molecule has 3 aromatic rings. The molecule has 6 nitrogen and oxygen atoms in total. The Morgan fingerprint density at radius 2 is 1.79 bits per heavy atom. The van der Waals surface area contributed by atoms with E-state index in [0.29, 0.717) is 23.2 Å². The number of hydrogen-bond donors (Lipinski definition) is 3. The number of nitrogens with zero attached hydrogens (tertiary/aromatic N) is 1. The summed E-state index contributed by atoms with van der Waals surface area (Å²) in [4.78, 5) is 12.5. The predicted octanol–water partition coefficient (Wildman–Crippen LogP) is 4.61. The summed E-state index contributed by atoms with van der Waals surface area (Å²) < 4.78 is 18.9. The van der Waals surface area contributed by atoms with Gasteiger partial charge in [-0.15, -0.1) is 0 Å². The number of carbonyl (C=O) groups is 1. The summed E-state index contributed by atoms with van der Waals surface area (Å²) in [5.74, 6) is -0.992. The minimum atomic E-state index is -0.448. The number of carbonyl (C=O) groups excluding carboxylic acids is 1. The highest BCUT2D eigenvalue weighted by Gasteiger charge is 2.28. The van der Waals surface area contributed by atoms with Crippen molar-refractivity contribution in [1.82, 2.24) is 10.5 Å². The molecule has 152 valence electrons. The Morgan fingerprint density at radius 3 is 2.38 bits per heavy atom. The molecule has 0 aliphatic rings. The molecule has 1 heterocycles. The van der Waals surface area contributed by atoms with Crippen LogP contribution in [0.25, 0.3) is 22.5 Å². The summed E-state index contributed by atoms with van der Waals surface area (Å²) >= 11 is 0. The van der Waals surface area contributed by atoms with Gasteiger partial charge in [-0.3, -0.25) is 4.79 Å².